The van der Waals surface area contributed by atoms with Crippen LogP contribution in [0.15, 0.2) is 77.7 Å². The van der Waals surface area contributed by atoms with E-state index in [1.165, 1.54) is 5.56 Å². The monoisotopic (exact) mass is 975 g/mol. The van der Waals surface area contributed by atoms with Crippen LogP contribution in [0.1, 0.15) is 120 Å². The van der Waals surface area contributed by atoms with Crippen LogP contribution in [-0.2, 0) is 39.1 Å². The Balaban J connectivity index is 2.22. The highest BCUT2D eigenvalue weighted by Gasteiger charge is 2.55. The van der Waals surface area contributed by atoms with E-state index < -0.39 is 45.5 Å². The highest BCUT2D eigenvalue weighted by molar-refractivity contribution is 7.92. The van der Waals surface area contributed by atoms with E-state index in [1.807, 2.05) is 24.3 Å². The summed E-state index contributed by atoms with van der Waals surface area (Å²) in [5, 5.41) is 18.5. The fourth-order valence-electron chi connectivity index (χ4n) is 10.1. The third-order valence-corrected chi connectivity index (χ3v) is 31.8. The Bertz CT molecular complexity index is 1740. The number of sulfone groups is 1. The number of carbonyl (C=O) groups excluding carboxylic acids is 1. The van der Waals surface area contributed by atoms with Crippen molar-refractivity contribution in [3.63, 3.8) is 0 Å². The minimum Gasteiger partial charge on any atom is -0.465 e. The van der Waals surface area contributed by atoms with Crippen molar-refractivity contribution < 1.29 is 41.4 Å². The molecule has 0 radical (unpaired) electrons. The largest absolute Gasteiger partial charge is 0.465 e. The number of aliphatic hydroxyl groups excluding tert-OH is 2. The summed E-state index contributed by atoms with van der Waals surface area (Å²) in [6.07, 6.45) is 8.33. The summed E-state index contributed by atoms with van der Waals surface area (Å²) in [6, 6.07) is 28.4. The third kappa shape index (κ3) is 16.1. The number of aliphatic hydroxyl groups is 2. The summed E-state index contributed by atoms with van der Waals surface area (Å²) in [5.41, 5.74) is 0.354. The Morgan fingerprint density at radius 2 is 1.25 bits per heavy atom. The van der Waals surface area contributed by atoms with Crippen LogP contribution in [0.2, 0.25) is 54.4 Å². The lowest BCUT2D eigenvalue weighted by atomic mass is 9.85. The number of allylic oxidation sites excluding steroid dienone is 2. The number of carbonyl (C=O) groups is 1. The first-order valence-electron chi connectivity index (χ1n) is 25.5. The summed E-state index contributed by atoms with van der Waals surface area (Å²) < 4.78 is 59.6. The van der Waals surface area contributed by atoms with E-state index in [9.17, 15) is 15.0 Å². The molecular weight excluding hydrogens is 885 g/mol. The number of aryl methyl sites for hydroxylation is 1. The summed E-state index contributed by atoms with van der Waals surface area (Å²) >= 11 is 0. The fourth-order valence-corrected chi connectivity index (χ4v) is 21.0. The first kappa shape index (κ1) is 57.4. The molecule has 0 aromatic heterocycles. The van der Waals surface area contributed by atoms with Gasteiger partial charge in [-0.25, -0.2) is 8.42 Å². The van der Waals surface area contributed by atoms with Crippen molar-refractivity contribution in [2.24, 2.45) is 17.3 Å². The molecule has 0 saturated heterocycles. The Morgan fingerprint density at radius 1 is 0.738 bits per heavy atom. The smallest absolute Gasteiger partial charge is 0.305 e. The maximum atomic E-state index is 15.8. The first-order chi connectivity index (χ1) is 31.1. The van der Waals surface area contributed by atoms with Crippen molar-refractivity contribution in [1.29, 1.82) is 0 Å². The molecule has 2 aromatic carbocycles. The molecule has 1 unspecified atom stereocenters. The molecule has 0 amide bonds. The van der Waals surface area contributed by atoms with Gasteiger partial charge in [-0.1, -0.05) is 130 Å². The maximum absolute atomic E-state index is 15.8. The van der Waals surface area contributed by atoms with E-state index in [0.29, 0.717) is 37.0 Å². The van der Waals surface area contributed by atoms with E-state index in [4.69, 9.17) is 18.0 Å². The van der Waals surface area contributed by atoms with Crippen molar-refractivity contribution >= 4 is 40.8 Å². The lowest BCUT2D eigenvalue weighted by Crippen LogP contribution is -2.48. The SMILES string of the molecule is CC[Si](CC)(CC)O[C@@H](CCc1ccccc1)CC([C@@H]1[C@@H](CC=CCCCC(=O)OCC(C)(CO)CO)[C@@H](O[Si](CC)(CC)CC)C[C@H]1O[Si](CC)(CC)CC)S(=O)(=O)c1ccccc1. The van der Waals surface area contributed by atoms with Gasteiger partial charge in [-0.05, 0) is 123 Å². The number of benzene rings is 2. The van der Waals surface area contributed by atoms with Gasteiger partial charge < -0.3 is 28.2 Å². The predicted octanol–water partition coefficient (Wildman–Crippen LogP) is 12.3. The summed E-state index contributed by atoms with van der Waals surface area (Å²) in [7, 11) is -10.5. The number of unbranched alkanes of at least 4 members (excludes halogenated alkanes) is 1. The Kier molecular flexibility index (Phi) is 24.6. The van der Waals surface area contributed by atoms with Gasteiger partial charge in [0.05, 0.1) is 35.6 Å². The lowest BCUT2D eigenvalue weighted by molar-refractivity contribution is -0.149. The van der Waals surface area contributed by atoms with Gasteiger partial charge in [0.25, 0.3) is 0 Å². The molecule has 1 aliphatic rings. The molecule has 1 aliphatic carbocycles. The Morgan fingerprint density at radius 3 is 1.75 bits per heavy atom. The summed E-state index contributed by atoms with van der Waals surface area (Å²) in [6.45, 7) is 21.4. The molecule has 9 nitrogen and oxygen atoms in total. The normalized spacial score (nSPS) is 19.8. The second-order valence-corrected chi connectivity index (χ2v) is 35.6. The van der Waals surface area contributed by atoms with Crippen LogP contribution in [0.4, 0.5) is 0 Å². The van der Waals surface area contributed by atoms with E-state index in [1.54, 1.807) is 19.1 Å². The fraction of sp³-hybridized carbons (Fsp3) is 0.712. The second kappa shape index (κ2) is 27.9. The average molecular weight is 976 g/mol. The van der Waals surface area contributed by atoms with Crippen LogP contribution in [0.5, 0.6) is 0 Å². The molecule has 370 valence electrons. The molecule has 13 heteroatoms. The van der Waals surface area contributed by atoms with Crippen molar-refractivity contribution in [1.82, 2.24) is 0 Å². The number of ether oxygens (including phenoxy) is 1. The highest BCUT2D eigenvalue weighted by atomic mass is 32.2. The zero-order valence-corrected chi connectivity index (χ0v) is 46.0. The molecule has 65 heavy (non-hydrogen) atoms. The number of hydrogen-bond donors (Lipinski definition) is 2. The first-order valence-corrected chi connectivity index (χ1v) is 34.6. The molecule has 1 fully saturated rings. The molecule has 0 heterocycles. The average Bonchev–Trinajstić information content (AvgIpc) is 3.67. The molecule has 1 saturated carbocycles. The van der Waals surface area contributed by atoms with Crippen molar-refractivity contribution in [2.75, 3.05) is 19.8 Å². The van der Waals surface area contributed by atoms with Crippen LogP contribution in [0.3, 0.4) is 0 Å². The Labute approximate surface area is 399 Å². The molecule has 3 rings (SSSR count). The minimum atomic E-state index is -3.91. The Hall–Kier alpha value is -1.95. The van der Waals surface area contributed by atoms with Crippen molar-refractivity contribution in [3.8, 4) is 0 Å². The van der Waals surface area contributed by atoms with E-state index in [2.05, 4.69) is 98.7 Å². The van der Waals surface area contributed by atoms with Gasteiger partial charge in [0.2, 0.25) is 0 Å². The van der Waals surface area contributed by atoms with E-state index in [-0.39, 0.29) is 62.4 Å². The molecule has 0 bridgehead atoms. The van der Waals surface area contributed by atoms with Crippen LogP contribution in [-0.4, -0.2) is 92.9 Å². The standard InChI is InChI=1S/C52H90O9SSi3/c1-11-63(12-2,13-3)59-44(37-36-43-30-24-22-25-31-43)38-49(62(56,57)45-32-26-23-27-33-45)51-46(34-28-20-21-29-35-50(55)58-42-52(10,40-53)41-54)47(60-64(14-4,15-5)16-6)39-48(51)61-65(17-7,18-8)19-9/h20,22-28,30-33,44,46-49,51,53-54H,11-19,21,29,34-42H2,1-10H3/t44-,46-,47-,48+,49?,51+/m0/s1. The van der Waals surface area contributed by atoms with Gasteiger partial charge in [-0.15, -0.1) is 0 Å². The van der Waals surface area contributed by atoms with Crippen LogP contribution in [0, 0.1) is 17.3 Å². The van der Waals surface area contributed by atoms with Gasteiger partial charge in [0.15, 0.2) is 34.8 Å². The highest BCUT2D eigenvalue weighted by Crippen LogP contribution is 2.49. The number of rotatable bonds is 33. The van der Waals surface area contributed by atoms with Gasteiger partial charge in [0.1, 0.15) is 6.61 Å². The van der Waals surface area contributed by atoms with E-state index >= 15 is 8.42 Å². The number of esters is 1. The number of hydrogen-bond acceptors (Lipinski definition) is 9. The summed E-state index contributed by atoms with van der Waals surface area (Å²) in [4.78, 5) is 13.0. The van der Waals surface area contributed by atoms with Crippen LogP contribution >= 0.6 is 0 Å². The topological polar surface area (TPSA) is 129 Å². The van der Waals surface area contributed by atoms with Crippen LogP contribution < -0.4 is 0 Å². The summed E-state index contributed by atoms with van der Waals surface area (Å²) in [5.74, 6) is -0.811. The molecule has 0 aliphatic heterocycles. The lowest BCUT2D eigenvalue weighted by Gasteiger charge is -2.41. The van der Waals surface area contributed by atoms with Gasteiger partial charge in [0, 0.05) is 23.9 Å². The second-order valence-electron chi connectivity index (χ2n) is 19.3. The zero-order valence-electron chi connectivity index (χ0n) is 42.2. The maximum Gasteiger partial charge on any atom is 0.305 e. The molecule has 2 N–H and O–H groups in total. The van der Waals surface area contributed by atoms with Crippen molar-refractivity contribution in [3.05, 3.63) is 78.4 Å². The minimum absolute atomic E-state index is 0.0393. The zero-order chi connectivity index (χ0) is 48.2. The molecule has 2 aromatic rings. The van der Waals surface area contributed by atoms with E-state index in [0.717, 1.165) is 67.2 Å². The molecule has 0 spiro atoms. The quantitative estimate of drug-likeness (QED) is 0.0311. The molecule has 6 atom stereocenters. The molecular formula is C52H90O9SSi3. The van der Waals surface area contributed by atoms with Crippen LogP contribution in [0.25, 0.3) is 0 Å². The van der Waals surface area contributed by atoms with Gasteiger partial charge in [-0.3, -0.25) is 4.79 Å². The van der Waals surface area contributed by atoms with Gasteiger partial charge in [-0.2, -0.15) is 0 Å². The van der Waals surface area contributed by atoms with Crippen molar-refractivity contribution in [2.45, 2.75) is 203 Å². The third-order valence-electron chi connectivity index (χ3n) is 15.5. The predicted molar refractivity (Wildman–Crippen MR) is 275 cm³/mol. The van der Waals surface area contributed by atoms with Gasteiger partial charge >= 0.3 is 5.97 Å².